The maximum absolute atomic E-state index is 11.9. The number of ether oxygens (including phenoxy) is 1. The van der Waals surface area contributed by atoms with Gasteiger partial charge in [0.25, 0.3) is 0 Å². The molecule has 0 spiro atoms. The first-order chi connectivity index (χ1) is 10.2. The van der Waals surface area contributed by atoms with E-state index in [0.717, 1.165) is 11.1 Å². The Kier molecular flexibility index (Phi) is 6.34. The zero-order chi connectivity index (χ0) is 16.8. The van der Waals surface area contributed by atoms with Gasteiger partial charge in [-0.15, -0.1) is 0 Å². The van der Waals surface area contributed by atoms with Crippen LogP contribution in [0.5, 0.6) is 0 Å². The van der Waals surface area contributed by atoms with Crippen LogP contribution in [0.25, 0.3) is 0 Å². The molecule has 1 aromatic heterocycles. The molecule has 0 aliphatic heterocycles. The molecule has 0 fully saturated rings. The molecule has 6 nitrogen and oxygen atoms in total. The fraction of sp³-hybridized carbons (Fsp3) is 0.562. The molecular formula is C16H24N2O4. The normalized spacial score (nSPS) is 12.5. The molecular weight excluding hydrogens is 284 g/mol. The molecule has 1 amide bonds. The van der Waals surface area contributed by atoms with E-state index >= 15 is 0 Å². The molecule has 0 aliphatic rings. The number of carboxylic acid groups (broad SMARTS) is 1. The van der Waals surface area contributed by atoms with Crippen LogP contribution in [0, 0.1) is 6.92 Å². The molecule has 1 atom stereocenters. The Morgan fingerprint density at radius 1 is 1.41 bits per heavy atom. The molecule has 1 heterocycles. The molecule has 0 saturated heterocycles. The Labute approximate surface area is 130 Å². The van der Waals surface area contributed by atoms with Crippen molar-refractivity contribution in [3.8, 4) is 0 Å². The first-order valence-corrected chi connectivity index (χ1v) is 7.28. The van der Waals surface area contributed by atoms with E-state index in [-0.39, 0.29) is 12.5 Å². The lowest BCUT2D eigenvalue weighted by Gasteiger charge is -2.23. The summed E-state index contributed by atoms with van der Waals surface area (Å²) < 4.78 is 5.23. The van der Waals surface area contributed by atoms with Crippen molar-refractivity contribution in [1.29, 1.82) is 0 Å². The fourth-order valence-corrected chi connectivity index (χ4v) is 1.97. The first kappa shape index (κ1) is 17.9. The molecule has 0 saturated carbocycles. The Morgan fingerprint density at radius 3 is 2.64 bits per heavy atom. The van der Waals surface area contributed by atoms with E-state index in [1.165, 1.54) is 0 Å². The van der Waals surface area contributed by atoms with Crippen molar-refractivity contribution < 1.29 is 19.4 Å². The van der Waals surface area contributed by atoms with Crippen molar-refractivity contribution in [3.63, 3.8) is 0 Å². The first-order valence-electron chi connectivity index (χ1n) is 7.28. The zero-order valence-electron chi connectivity index (χ0n) is 13.5. The number of carbonyl (C=O) groups excluding carboxylic acids is 1. The van der Waals surface area contributed by atoms with E-state index in [1.54, 1.807) is 33.2 Å². The standard InChI is InChI=1S/C16H24N2O4/c1-11-7-8-17-10-12(11)9-13(5-6-14(19)20)18-15(21)22-16(2,3)4/h7-8,10,13H,5-6,9H2,1-4H3,(H,18,21)(H,19,20). The second-order valence-corrected chi connectivity index (χ2v) is 6.28. The van der Waals surface area contributed by atoms with Gasteiger partial charge in [-0.25, -0.2) is 4.79 Å². The Hall–Kier alpha value is -2.11. The van der Waals surface area contributed by atoms with Gasteiger partial charge in [-0.1, -0.05) is 0 Å². The number of aryl methyl sites for hydroxylation is 1. The van der Waals surface area contributed by atoms with Crippen LogP contribution in [0.2, 0.25) is 0 Å². The van der Waals surface area contributed by atoms with Crippen LogP contribution in [0.1, 0.15) is 44.7 Å². The van der Waals surface area contributed by atoms with E-state index < -0.39 is 17.7 Å². The highest BCUT2D eigenvalue weighted by atomic mass is 16.6. The van der Waals surface area contributed by atoms with Gasteiger partial charge in [0.05, 0.1) is 0 Å². The summed E-state index contributed by atoms with van der Waals surface area (Å²) in [5, 5.41) is 11.6. The number of aliphatic carboxylic acids is 1. The zero-order valence-corrected chi connectivity index (χ0v) is 13.5. The van der Waals surface area contributed by atoms with Crippen LogP contribution in [-0.2, 0) is 16.0 Å². The van der Waals surface area contributed by atoms with E-state index in [4.69, 9.17) is 9.84 Å². The average Bonchev–Trinajstić information content (AvgIpc) is 2.36. The van der Waals surface area contributed by atoms with Crippen molar-refractivity contribution in [1.82, 2.24) is 10.3 Å². The Balaban J connectivity index is 2.73. The van der Waals surface area contributed by atoms with Gasteiger partial charge in [-0.3, -0.25) is 9.78 Å². The second-order valence-electron chi connectivity index (χ2n) is 6.28. The van der Waals surface area contributed by atoms with Crippen LogP contribution in [0.3, 0.4) is 0 Å². The van der Waals surface area contributed by atoms with Crippen molar-refractivity contribution in [3.05, 3.63) is 29.6 Å². The lowest BCUT2D eigenvalue weighted by atomic mass is 10.00. The van der Waals surface area contributed by atoms with Crippen molar-refractivity contribution in [2.75, 3.05) is 0 Å². The average molecular weight is 308 g/mol. The van der Waals surface area contributed by atoms with Gasteiger partial charge in [0, 0.05) is 24.9 Å². The highest BCUT2D eigenvalue weighted by molar-refractivity contribution is 5.69. The largest absolute Gasteiger partial charge is 0.481 e. The molecule has 1 unspecified atom stereocenters. The molecule has 1 aromatic rings. The minimum absolute atomic E-state index is 0.0141. The topological polar surface area (TPSA) is 88.5 Å². The summed E-state index contributed by atoms with van der Waals surface area (Å²) >= 11 is 0. The number of rotatable bonds is 6. The Bertz CT molecular complexity index is 523. The molecule has 0 radical (unpaired) electrons. The number of carbonyl (C=O) groups is 2. The highest BCUT2D eigenvalue weighted by Crippen LogP contribution is 2.13. The summed E-state index contributed by atoms with van der Waals surface area (Å²) in [4.78, 5) is 26.7. The van der Waals surface area contributed by atoms with E-state index in [0.29, 0.717) is 12.8 Å². The minimum Gasteiger partial charge on any atom is -0.481 e. The van der Waals surface area contributed by atoms with Crippen molar-refractivity contribution >= 4 is 12.1 Å². The summed E-state index contributed by atoms with van der Waals surface area (Å²) in [5.41, 5.74) is 1.45. The van der Waals surface area contributed by atoms with Crippen LogP contribution in [0.15, 0.2) is 18.5 Å². The predicted molar refractivity (Wildman–Crippen MR) is 82.7 cm³/mol. The quantitative estimate of drug-likeness (QED) is 0.843. The summed E-state index contributed by atoms with van der Waals surface area (Å²) in [7, 11) is 0. The molecule has 1 rings (SSSR count). The number of carboxylic acids is 1. The van der Waals surface area contributed by atoms with Crippen LogP contribution in [0.4, 0.5) is 4.79 Å². The van der Waals surface area contributed by atoms with Crippen LogP contribution in [-0.4, -0.2) is 33.8 Å². The molecule has 2 N–H and O–H groups in total. The van der Waals surface area contributed by atoms with Crippen LogP contribution < -0.4 is 5.32 Å². The summed E-state index contributed by atoms with van der Waals surface area (Å²) in [6.07, 6.45) is 3.74. The van der Waals surface area contributed by atoms with E-state index in [1.807, 2.05) is 13.0 Å². The number of hydrogen-bond acceptors (Lipinski definition) is 4. The number of alkyl carbamates (subject to hydrolysis) is 1. The lowest BCUT2D eigenvalue weighted by Crippen LogP contribution is -2.40. The number of amides is 1. The number of pyridine rings is 1. The van der Waals surface area contributed by atoms with Gasteiger partial charge < -0.3 is 15.2 Å². The van der Waals surface area contributed by atoms with Crippen molar-refractivity contribution in [2.45, 2.75) is 58.6 Å². The molecule has 0 aromatic carbocycles. The Morgan fingerprint density at radius 2 is 2.09 bits per heavy atom. The van der Waals surface area contributed by atoms with Gasteiger partial charge in [-0.2, -0.15) is 0 Å². The number of nitrogens with zero attached hydrogens (tertiary/aromatic N) is 1. The fourth-order valence-electron chi connectivity index (χ4n) is 1.97. The van der Waals surface area contributed by atoms with Gasteiger partial charge in [0.1, 0.15) is 5.60 Å². The molecule has 0 bridgehead atoms. The summed E-state index contributed by atoms with van der Waals surface area (Å²) in [6, 6.07) is 1.57. The van der Waals surface area contributed by atoms with Gasteiger partial charge in [0.2, 0.25) is 0 Å². The molecule has 122 valence electrons. The molecule has 22 heavy (non-hydrogen) atoms. The highest BCUT2D eigenvalue weighted by Gasteiger charge is 2.20. The monoisotopic (exact) mass is 308 g/mol. The third-order valence-electron chi connectivity index (χ3n) is 3.04. The van der Waals surface area contributed by atoms with E-state index in [9.17, 15) is 9.59 Å². The summed E-state index contributed by atoms with van der Waals surface area (Å²) in [6.45, 7) is 7.30. The number of aromatic nitrogens is 1. The summed E-state index contributed by atoms with van der Waals surface area (Å²) in [5.74, 6) is -0.890. The molecule has 0 aliphatic carbocycles. The van der Waals surface area contributed by atoms with Crippen molar-refractivity contribution in [2.24, 2.45) is 0 Å². The number of hydrogen-bond donors (Lipinski definition) is 2. The minimum atomic E-state index is -0.890. The van der Waals surface area contributed by atoms with Gasteiger partial charge >= 0.3 is 12.1 Å². The number of nitrogens with one attached hydrogen (secondary N) is 1. The predicted octanol–water partition coefficient (Wildman–Crippen LogP) is 2.69. The maximum atomic E-state index is 11.9. The van der Waals surface area contributed by atoms with E-state index in [2.05, 4.69) is 10.3 Å². The second kappa shape index (κ2) is 7.77. The maximum Gasteiger partial charge on any atom is 0.407 e. The third-order valence-corrected chi connectivity index (χ3v) is 3.04. The molecule has 6 heteroatoms. The van der Waals surface area contributed by atoms with Gasteiger partial charge in [0.15, 0.2) is 0 Å². The SMILES string of the molecule is Cc1ccncc1CC(CCC(=O)O)NC(=O)OC(C)(C)C. The smallest absolute Gasteiger partial charge is 0.407 e. The van der Waals surface area contributed by atoms with Gasteiger partial charge in [-0.05, 0) is 57.7 Å². The van der Waals surface area contributed by atoms with Crippen LogP contribution >= 0.6 is 0 Å². The third kappa shape index (κ3) is 7.06. The lowest BCUT2D eigenvalue weighted by molar-refractivity contribution is -0.137.